The minimum Gasteiger partial charge on any atom is -0.365 e. The van der Waals surface area contributed by atoms with Crippen molar-refractivity contribution in [1.82, 2.24) is 10.2 Å². The summed E-state index contributed by atoms with van der Waals surface area (Å²) >= 11 is 0. The fraction of sp³-hybridized carbons (Fsp3) is 0.161. The largest absolute Gasteiger partial charge is 0.365 e. The normalized spacial score (nSPS) is 15.4. The van der Waals surface area contributed by atoms with Crippen LogP contribution in [0.4, 0.5) is 16.2 Å². The molecule has 5 N–H and O–H groups in total. The average molecular weight is 585 g/mol. The predicted molar refractivity (Wildman–Crippen MR) is 165 cm³/mol. The topological polar surface area (TPSA) is 188 Å². The van der Waals surface area contributed by atoms with Crippen molar-refractivity contribution < 1.29 is 19.4 Å². The van der Waals surface area contributed by atoms with Gasteiger partial charge in [-0.2, -0.15) is 0 Å². The van der Waals surface area contributed by atoms with E-state index in [1.807, 2.05) is 30.1 Å². The lowest BCUT2D eigenvalue weighted by Gasteiger charge is -2.36. The minimum absolute atomic E-state index is 0.0290. The fourth-order valence-electron chi connectivity index (χ4n) is 4.49. The van der Waals surface area contributed by atoms with Crippen LogP contribution in [0.3, 0.4) is 0 Å². The van der Waals surface area contributed by atoms with Crippen LogP contribution < -0.4 is 16.8 Å². The average Bonchev–Trinajstić information content (AvgIpc) is 2.98. The lowest BCUT2D eigenvalue weighted by molar-refractivity contribution is -0.385. The van der Waals surface area contributed by atoms with Crippen LogP contribution in [0.25, 0.3) is 12.2 Å². The smallest absolute Gasteiger partial charge is 0.309 e. The van der Waals surface area contributed by atoms with Crippen LogP contribution in [-0.4, -0.2) is 52.7 Å². The highest BCUT2D eigenvalue weighted by atomic mass is 16.6. The van der Waals surface area contributed by atoms with E-state index < -0.39 is 15.9 Å². The number of piperidine rings is 1. The SMILES string of the molecule is C=C([C@H](Cc1ccccc1)NC)N1C/C(=C\c2ccc([N+](=O)[O-])cc2)C(=O)/C(=C/c2ccc([N+](=O)[O-])cc2)C1.NC(N)=O. The van der Waals surface area contributed by atoms with Gasteiger partial charge in [0, 0.05) is 54.2 Å². The van der Waals surface area contributed by atoms with Gasteiger partial charge in [-0.3, -0.25) is 25.0 Å². The number of urea groups is 1. The molecule has 0 radical (unpaired) electrons. The third-order valence-corrected chi connectivity index (χ3v) is 6.63. The second kappa shape index (κ2) is 14.8. The molecule has 1 atom stereocenters. The Hall–Kier alpha value is -5.62. The van der Waals surface area contributed by atoms with Crippen LogP contribution in [0.1, 0.15) is 16.7 Å². The van der Waals surface area contributed by atoms with Crippen LogP contribution in [0.2, 0.25) is 0 Å². The highest BCUT2D eigenvalue weighted by Gasteiger charge is 2.29. The standard InChI is InChI=1S/C30H28N4O5.CH4N2O/c1-21(29(31-2)18-22-6-4-3-5-7-22)32-19-25(16-23-8-12-27(13-9-23)33(36)37)30(35)26(20-32)17-24-10-14-28(15-11-24)34(38)39;2-1(3)4/h3-17,29,31H,1,18-20H2,2H3;(H4,2,3,4)/b25-16+,26-17+;/t29-;/m0./s1. The molecular weight excluding hydrogens is 552 g/mol. The molecule has 1 fully saturated rings. The zero-order valence-electron chi connectivity index (χ0n) is 23.5. The van der Waals surface area contributed by atoms with E-state index in [4.69, 9.17) is 4.79 Å². The summed E-state index contributed by atoms with van der Waals surface area (Å²) in [6, 6.07) is 21.2. The van der Waals surface area contributed by atoms with Crippen LogP contribution in [0.15, 0.2) is 102 Å². The number of nitrogens with zero attached hydrogens (tertiary/aromatic N) is 3. The molecule has 3 aromatic carbocycles. The van der Waals surface area contributed by atoms with E-state index in [-0.39, 0.29) is 23.2 Å². The number of ketones is 1. The van der Waals surface area contributed by atoms with E-state index in [2.05, 4.69) is 35.5 Å². The zero-order valence-corrected chi connectivity index (χ0v) is 23.5. The molecule has 12 heteroatoms. The number of nitrogens with two attached hydrogens (primary N) is 2. The Morgan fingerprint density at radius 3 is 1.67 bits per heavy atom. The summed E-state index contributed by atoms with van der Waals surface area (Å²) in [7, 11) is 1.87. The molecule has 1 saturated heterocycles. The van der Waals surface area contributed by atoms with Gasteiger partial charge in [0.05, 0.1) is 15.9 Å². The fourth-order valence-corrected chi connectivity index (χ4v) is 4.49. The van der Waals surface area contributed by atoms with Crippen LogP contribution in [0, 0.1) is 20.2 Å². The first-order chi connectivity index (χ1) is 20.5. The van der Waals surface area contributed by atoms with Gasteiger partial charge < -0.3 is 21.7 Å². The third-order valence-electron chi connectivity index (χ3n) is 6.63. The molecule has 0 bridgehead atoms. The van der Waals surface area contributed by atoms with Crippen molar-refractivity contribution >= 4 is 35.3 Å². The molecule has 0 aliphatic carbocycles. The number of nitro groups is 2. The minimum atomic E-state index is -0.833. The summed E-state index contributed by atoms with van der Waals surface area (Å²) in [6.45, 7) is 5.00. The number of amides is 2. The number of rotatable bonds is 9. The molecule has 12 nitrogen and oxygen atoms in total. The number of hydrogen-bond donors (Lipinski definition) is 3. The van der Waals surface area contributed by atoms with Crippen molar-refractivity contribution in [1.29, 1.82) is 0 Å². The number of nitro benzene ring substituents is 2. The molecule has 43 heavy (non-hydrogen) atoms. The number of carbonyl (C=O) groups excluding carboxylic acids is 2. The van der Waals surface area contributed by atoms with Crippen molar-refractivity contribution in [3.63, 3.8) is 0 Å². The Morgan fingerprint density at radius 1 is 0.884 bits per heavy atom. The van der Waals surface area contributed by atoms with Gasteiger partial charge in [0.2, 0.25) is 0 Å². The Labute approximate surface area is 248 Å². The van der Waals surface area contributed by atoms with Gasteiger partial charge in [-0.05, 0) is 66.6 Å². The first kappa shape index (κ1) is 31.9. The molecule has 0 saturated carbocycles. The molecule has 222 valence electrons. The number of hydrogen-bond acceptors (Lipinski definition) is 8. The Bertz CT molecular complexity index is 1470. The molecule has 0 aromatic heterocycles. The number of benzene rings is 3. The van der Waals surface area contributed by atoms with Gasteiger partial charge >= 0.3 is 6.03 Å². The Morgan fingerprint density at radius 2 is 1.30 bits per heavy atom. The number of primary amides is 2. The molecular formula is C31H32N6O6. The van der Waals surface area contributed by atoms with Crippen LogP contribution in [-0.2, 0) is 11.2 Å². The van der Waals surface area contributed by atoms with Gasteiger partial charge in [0.25, 0.3) is 11.4 Å². The molecule has 0 unspecified atom stereocenters. The third kappa shape index (κ3) is 9.20. The van der Waals surface area contributed by atoms with Gasteiger partial charge in [-0.15, -0.1) is 0 Å². The van der Waals surface area contributed by atoms with E-state index in [1.165, 1.54) is 24.3 Å². The molecule has 4 rings (SSSR count). The summed E-state index contributed by atoms with van der Waals surface area (Å²) in [5, 5.41) is 25.4. The number of non-ortho nitro benzene ring substituents is 2. The summed E-state index contributed by atoms with van der Waals surface area (Å²) in [6.07, 6.45) is 4.19. The van der Waals surface area contributed by atoms with Gasteiger partial charge in [0.1, 0.15) is 0 Å². The Kier molecular flexibility index (Phi) is 11.0. The second-order valence-corrected chi connectivity index (χ2v) is 9.65. The maximum Gasteiger partial charge on any atom is 0.309 e. The van der Waals surface area contributed by atoms with Crippen molar-refractivity contribution in [3.8, 4) is 0 Å². The Balaban J connectivity index is 0.00000119. The van der Waals surface area contributed by atoms with E-state index >= 15 is 0 Å². The first-order valence-electron chi connectivity index (χ1n) is 13.1. The maximum atomic E-state index is 13.6. The van der Waals surface area contributed by atoms with Crippen LogP contribution >= 0.6 is 0 Å². The first-order valence-corrected chi connectivity index (χ1v) is 13.1. The molecule has 1 aliphatic heterocycles. The number of nitrogens with one attached hydrogen (secondary N) is 1. The zero-order chi connectivity index (χ0) is 31.5. The number of likely N-dealkylation sites (N-methyl/N-ethyl adjacent to an activating group) is 1. The van der Waals surface area contributed by atoms with Crippen LogP contribution in [0.5, 0.6) is 0 Å². The highest BCUT2D eigenvalue weighted by Crippen LogP contribution is 2.27. The summed E-state index contributed by atoms with van der Waals surface area (Å²) in [4.78, 5) is 45.7. The summed E-state index contributed by atoms with van der Waals surface area (Å²) in [5.41, 5.74) is 12.8. The lowest BCUT2D eigenvalue weighted by atomic mass is 9.92. The molecule has 0 spiro atoms. The van der Waals surface area contributed by atoms with Crippen molar-refractivity contribution in [2.45, 2.75) is 12.5 Å². The predicted octanol–water partition coefficient (Wildman–Crippen LogP) is 4.22. The van der Waals surface area contributed by atoms with Gasteiger partial charge in [-0.25, -0.2) is 4.79 Å². The van der Waals surface area contributed by atoms with E-state index in [9.17, 15) is 25.0 Å². The summed E-state index contributed by atoms with van der Waals surface area (Å²) in [5.74, 6) is -0.153. The molecule has 2 amide bonds. The van der Waals surface area contributed by atoms with Crippen molar-refractivity contribution in [3.05, 3.63) is 139 Å². The van der Waals surface area contributed by atoms with Crippen molar-refractivity contribution in [2.75, 3.05) is 20.1 Å². The quantitative estimate of drug-likeness (QED) is 0.189. The molecule has 3 aromatic rings. The molecule has 1 aliphatic rings. The molecule has 1 heterocycles. The second-order valence-electron chi connectivity index (χ2n) is 9.65. The maximum absolute atomic E-state index is 13.6. The number of likely N-dealkylation sites (tertiary alicyclic amines) is 1. The highest BCUT2D eigenvalue weighted by molar-refractivity contribution is 6.14. The van der Waals surface area contributed by atoms with Crippen molar-refractivity contribution in [2.24, 2.45) is 11.5 Å². The van der Waals surface area contributed by atoms with E-state index in [0.29, 0.717) is 41.8 Å². The lowest BCUT2D eigenvalue weighted by Crippen LogP contribution is -2.43. The van der Waals surface area contributed by atoms with Gasteiger partial charge in [-0.1, -0.05) is 36.9 Å². The van der Waals surface area contributed by atoms with E-state index in [1.54, 1.807) is 36.4 Å². The number of Topliss-reactive ketones (excluding diaryl/α,β-unsaturated/α-hetero) is 1. The summed E-state index contributed by atoms with van der Waals surface area (Å²) < 4.78 is 0. The van der Waals surface area contributed by atoms with Gasteiger partial charge in [0.15, 0.2) is 5.78 Å². The monoisotopic (exact) mass is 584 g/mol. The van der Waals surface area contributed by atoms with E-state index in [0.717, 1.165) is 11.3 Å². The number of carbonyl (C=O) groups is 2.